The van der Waals surface area contributed by atoms with Gasteiger partial charge in [-0.15, -0.1) is 0 Å². The summed E-state index contributed by atoms with van der Waals surface area (Å²) in [5, 5.41) is 7.98. The number of anilines is 1. The lowest BCUT2D eigenvalue weighted by Crippen LogP contribution is -2.41. The molecule has 1 N–H and O–H groups in total. The molecule has 2 heterocycles. The smallest absolute Gasteiger partial charge is 0.317 e. The maximum Gasteiger partial charge on any atom is 0.322 e. The molecule has 1 aromatic heterocycles. The Morgan fingerprint density at radius 2 is 2.09 bits per heavy atom. The summed E-state index contributed by atoms with van der Waals surface area (Å²) in [6.07, 6.45) is 4.14. The number of carbonyl (C=O) groups is 1. The standard InChI is InChI=1S/C15H16Cl2N4O/c1-9-12-6-14(17)13(16)5-10(12)3-4-21(9)15(22)19-11-7-18-20(2)8-11/h5-9H,3-4H2,1-2H3,(H,19,22). The van der Waals surface area contributed by atoms with Gasteiger partial charge in [0.2, 0.25) is 0 Å². The van der Waals surface area contributed by atoms with Crippen LogP contribution in [0, 0.1) is 0 Å². The summed E-state index contributed by atoms with van der Waals surface area (Å²) in [4.78, 5) is 14.3. The molecule has 1 aromatic carbocycles. The largest absolute Gasteiger partial charge is 0.322 e. The van der Waals surface area contributed by atoms with E-state index >= 15 is 0 Å². The molecule has 3 rings (SSSR count). The second kappa shape index (κ2) is 5.82. The van der Waals surface area contributed by atoms with Crippen molar-refractivity contribution in [2.75, 3.05) is 11.9 Å². The highest BCUT2D eigenvalue weighted by Gasteiger charge is 2.28. The highest BCUT2D eigenvalue weighted by Crippen LogP contribution is 2.35. The maximum atomic E-state index is 12.5. The number of fused-ring (bicyclic) bond motifs is 1. The summed E-state index contributed by atoms with van der Waals surface area (Å²) in [5.41, 5.74) is 2.87. The predicted octanol–water partition coefficient (Wildman–Crippen LogP) is 3.88. The number of carbonyl (C=O) groups excluding carboxylic acids is 1. The first-order valence-corrected chi connectivity index (χ1v) is 7.75. The molecule has 0 radical (unpaired) electrons. The Kier molecular flexibility index (Phi) is 4.02. The third kappa shape index (κ3) is 2.78. The molecule has 0 bridgehead atoms. The van der Waals surface area contributed by atoms with Crippen LogP contribution in [-0.2, 0) is 13.5 Å². The van der Waals surface area contributed by atoms with Crippen LogP contribution in [0.2, 0.25) is 10.0 Å². The first-order valence-electron chi connectivity index (χ1n) is 7.00. The first-order chi connectivity index (χ1) is 10.5. The number of halogens is 2. The van der Waals surface area contributed by atoms with E-state index in [1.807, 2.05) is 19.1 Å². The van der Waals surface area contributed by atoms with Crippen LogP contribution in [0.5, 0.6) is 0 Å². The van der Waals surface area contributed by atoms with E-state index in [0.29, 0.717) is 22.3 Å². The van der Waals surface area contributed by atoms with Gasteiger partial charge in [0, 0.05) is 19.8 Å². The van der Waals surface area contributed by atoms with E-state index in [9.17, 15) is 4.79 Å². The summed E-state index contributed by atoms with van der Waals surface area (Å²) in [6, 6.07) is 3.55. The van der Waals surface area contributed by atoms with Gasteiger partial charge in [-0.25, -0.2) is 4.79 Å². The van der Waals surface area contributed by atoms with Crippen LogP contribution in [0.15, 0.2) is 24.5 Å². The zero-order chi connectivity index (χ0) is 15.9. The minimum atomic E-state index is -0.141. The molecule has 1 atom stereocenters. The number of aromatic nitrogens is 2. The topological polar surface area (TPSA) is 50.2 Å². The molecule has 0 saturated heterocycles. The number of benzene rings is 1. The highest BCUT2D eigenvalue weighted by atomic mass is 35.5. The van der Waals surface area contributed by atoms with Crippen LogP contribution in [0.1, 0.15) is 24.1 Å². The van der Waals surface area contributed by atoms with Gasteiger partial charge in [0.05, 0.1) is 28.0 Å². The molecular formula is C15H16Cl2N4O. The number of rotatable bonds is 1. The van der Waals surface area contributed by atoms with Crippen molar-refractivity contribution in [3.8, 4) is 0 Å². The number of nitrogens with zero attached hydrogens (tertiary/aromatic N) is 3. The third-order valence-electron chi connectivity index (χ3n) is 3.94. The number of hydrogen-bond donors (Lipinski definition) is 1. The molecule has 2 amide bonds. The SMILES string of the molecule is CC1c2cc(Cl)c(Cl)cc2CCN1C(=O)Nc1cnn(C)c1. The Morgan fingerprint density at radius 3 is 2.77 bits per heavy atom. The molecule has 1 unspecified atom stereocenters. The summed E-state index contributed by atoms with van der Waals surface area (Å²) in [5.74, 6) is 0. The van der Waals surface area contributed by atoms with E-state index in [-0.39, 0.29) is 12.1 Å². The van der Waals surface area contributed by atoms with Crippen molar-refractivity contribution < 1.29 is 4.79 Å². The molecule has 0 aliphatic carbocycles. The maximum absolute atomic E-state index is 12.5. The van der Waals surface area contributed by atoms with Gasteiger partial charge in [-0.2, -0.15) is 5.10 Å². The molecule has 0 fully saturated rings. The highest BCUT2D eigenvalue weighted by molar-refractivity contribution is 6.42. The Morgan fingerprint density at radius 1 is 1.36 bits per heavy atom. The van der Waals surface area contributed by atoms with E-state index in [0.717, 1.165) is 17.5 Å². The summed E-state index contributed by atoms with van der Waals surface area (Å²) in [6.45, 7) is 2.63. The van der Waals surface area contributed by atoms with E-state index in [4.69, 9.17) is 23.2 Å². The van der Waals surface area contributed by atoms with Gasteiger partial charge in [0.15, 0.2) is 0 Å². The lowest BCUT2D eigenvalue weighted by molar-refractivity contribution is 0.188. The van der Waals surface area contributed by atoms with Crippen molar-refractivity contribution in [2.24, 2.45) is 7.05 Å². The Hall–Kier alpha value is -1.72. The summed E-state index contributed by atoms with van der Waals surface area (Å²) < 4.78 is 1.65. The van der Waals surface area contributed by atoms with Crippen molar-refractivity contribution in [1.29, 1.82) is 0 Å². The minimum Gasteiger partial charge on any atom is -0.317 e. The van der Waals surface area contributed by atoms with Gasteiger partial charge < -0.3 is 10.2 Å². The average Bonchev–Trinajstić information content (AvgIpc) is 2.86. The Bertz CT molecular complexity index is 728. The van der Waals surface area contributed by atoms with Gasteiger partial charge in [0.25, 0.3) is 0 Å². The summed E-state index contributed by atoms with van der Waals surface area (Å²) >= 11 is 12.2. The molecular weight excluding hydrogens is 323 g/mol. The Balaban J connectivity index is 1.81. The van der Waals surface area contributed by atoms with Crippen molar-refractivity contribution in [2.45, 2.75) is 19.4 Å². The van der Waals surface area contributed by atoms with Crippen LogP contribution >= 0.6 is 23.2 Å². The number of aryl methyl sites for hydroxylation is 1. The molecule has 1 aliphatic rings. The quantitative estimate of drug-likeness (QED) is 0.857. The van der Waals surface area contributed by atoms with Crippen LogP contribution in [0.4, 0.5) is 10.5 Å². The first kappa shape index (κ1) is 15.2. The molecule has 1 aliphatic heterocycles. The van der Waals surface area contributed by atoms with Gasteiger partial charge in [0.1, 0.15) is 0 Å². The lowest BCUT2D eigenvalue weighted by atomic mass is 9.94. The summed E-state index contributed by atoms with van der Waals surface area (Å²) in [7, 11) is 1.81. The fraction of sp³-hybridized carbons (Fsp3) is 0.333. The monoisotopic (exact) mass is 338 g/mol. The van der Waals surface area contributed by atoms with Gasteiger partial charge >= 0.3 is 6.03 Å². The number of nitrogens with one attached hydrogen (secondary N) is 1. The second-order valence-electron chi connectivity index (χ2n) is 5.42. The van der Waals surface area contributed by atoms with Gasteiger partial charge in [-0.05, 0) is 36.6 Å². The van der Waals surface area contributed by atoms with Crippen LogP contribution in [0.3, 0.4) is 0 Å². The van der Waals surface area contributed by atoms with E-state index < -0.39 is 0 Å². The zero-order valence-electron chi connectivity index (χ0n) is 12.3. The number of amides is 2. The van der Waals surface area contributed by atoms with Crippen molar-refractivity contribution in [1.82, 2.24) is 14.7 Å². The van der Waals surface area contributed by atoms with Crippen molar-refractivity contribution in [3.05, 3.63) is 45.7 Å². The zero-order valence-corrected chi connectivity index (χ0v) is 13.8. The molecule has 5 nitrogen and oxygen atoms in total. The van der Waals surface area contributed by atoms with Gasteiger partial charge in [-0.3, -0.25) is 4.68 Å². The van der Waals surface area contributed by atoms with E-state index in [1.54, 1.807) is 29.0 Å². The second-order valence-corrected chi connectivity index (χ2v) is 6.23. The van der Waals surface area contributed by atoms with Crippen LogP contribution in [-0.4, -0.2) is 27.3 Å². The molecule has 0 spiro atoms. The van der Waals surface area contributed by atoms with Gasteiger partial charge in [-0.1, -0.05) is 23.2 Å². The van der Waals surface area contributed by atoms with Crippen LogP contribution < -0.4 is 5.32 Å². The normalized spacial score (nSPS) is 17.3. The number of urea groups is 1. The van der Waals surface area contributed by atoms with Crippen molar-refractivity contribution in [3.63, 3.8) is 0 Å². The predicted molar refractivity (Wildman–Crippen MR) is 87.5 cm³/mol. The lowest BCUT2D eigenvalue weighted by Gasteiger charge is -2.35. The average molecular weight is 339 g/mol. The molecule has 0 saturated carbocycles. The molecule has 22 heavy (non-hydrogen) atoms. The van der Waals surface area contributed by atoms with E-state index in [1.165, 1.54) is 0 Å². The fourth-order valence-corrected chi connectivity index (χ4v) is 3.13. The third-order valence-corrected chi connectivity index (χ3v) is 4.66. The molecule has 2 aromatic rings. The minimum absolute atomic E-state index is 0.0600. The molecule has 116 valence electrons. The van der Waals surface area contributed by atoms with Crippen molar-refractivity contribution >= 4 is 34.9 Å². The molecule has 7 heteroatoms. The number of hydrogen-bond acceptors (Lipinski definition) is 2. The Labute approximate surface area is 138 Å². The van der Waals surface area contributed by atoms with E-state index in [2.05, 4.69) is 10.4 Å². The van der Waals surface area contributed by atoms with Crippen LogP contribution in [0.25, 0.3) is 0 Å². The fourth-order valence-electron chi connectivity index (χ4n) is 2.77.